The van der Waals surface area contributed by atoms with Crippen LogP contribution in [-0.4, -0.2) is 23.4 Å². The molecular weight excluding hydrogens is 265 g/mol. The zero-order valence-corrected chi connectivity index (χ0v) is 11.5. The Morgan fingerprint density at radius 3 is 2.54 bits per heavy atom. The quantitative estimate of drug-likeness (QED) is 0.759. The summed E-state index contributed by atoms with van der Waals surface area (Å²) in [7, 11) is 0. The van der Waals surface area contributed by atoms with E-state index in [1.165, 1.54) is 22.1 Å². The Balaban J connectivity index is 2.32. The topological polar surface area (TPSA) is 12.9 Å². The summed E-state index contributed by atoms with van der Waals surface area (Å²) < 4.78 is 1.43. The van der Waals surface area contributed by atoms with Gasteiger partial charge in [-0.05, 0) is 0 Å². The molecule has 13 heavy (non-hydrogen) atoms. The number of hydrogen-bond donors (Lipinski definition) is 0. The number of nitrogens with zero attached hydrogens (tertiary/aromatic N) is 1. The Labute approximate surface area is 84.5 Å². The van der Waals surface area contributed by atoms with Crippen LogP contribution in [0.5, 0.6) is 0 Å². The Kier molecular flexibility index (Phi) is 2.39. The molecule has 0 unspecified atom stereocenters. The third-order valence-electron chi connectivity index (χ3n) is 2.60. The second-order valence-corrected chi connectivity index (χ2v) is 19.3. The predicted octanol–water partition coefficient (Wildman–Crippen LogP) is 2.50. The molecule has 1 aromatic heterocycles. The zero-order chi connectivity index (χ0) is 9.47. The molecule has 0 amide bonds. The monoisotopic (exact) mass is 283 g/mol. The molecule has 2 heteroatoms. The minimum absolute atomic E-state index is 0.871. The first-order valence-corrected chi connectivity index (χ1v) is 15.0. The van der Waals surface area contributed by atoms with Gasteiger partial charge in [0.1, 0.15) is 0 Å². The van der Waals surface area contributed by atoms with Crippen molar-refractivity contribution in [3.8, 4) is 0 Å². The summed E-state index contributed by atoms with van der Waals surface area (Å²) in [5.41, 5.74) is 1.54. The summed E-state index contributed by atoms with van der Waals surface area (Å²) in [6.07, 6.45) is 4.79. The van der Waals surface area contributed by atoms with Gasteiger partial charge in [0.2, 0.25) is 0 Å². The average molecular weight is 282 g/mol. The normalized spacial score (nSPS) is 17.5. The molecule has 0 aromatic carbocycles. The van der Waals surface area contributed by atoms with E-state index >= 15 is 0 Å². The van der Waals surface area contributed by atoms with Crippen molar-refractivity contribution in [2.24, 2.45) is 0 Å². The van der Waals surface area contributed by atoms with Gasteiger partial charge in [-0.15, -0.1) is 0 Å². The van der Waals surface area contributed by atoms with E-state index in [2.05, 4.69) is 31.9 Å². The Bertz CT molecular complexity index is 310. The summed E-state index contributed by atoms with van der Waals surface area (Å²) in [6.45, 7) is 0. The van der Waals surface area contributed by atoms with E-state index in [9.17, 15) is 0 Å². The fourth-order valence-corrected chi connectivity index (χ4v) is 4.56. The van der Waals surface area contributed by atoms with Gasteiger partial charge in [0.05, 0.1) is 0 Å². The van der Waals surface area contributed by atoms with Crippen LogP contribution in [0.2, 0.25) is 14.8 Å². The Morgan fingerprint density at radius 2 is 2.00 bits per heavy atom. The standard InChI is InChI=1S/C8H8N.3CH3.Sn/c1-2-7(1)8-3-5-9-6-4-8;;;;/h3-5,7H,1-2H2;3*1H3;. The molecule has 1 aliphatic rings. The van der Waals surface area contributed by atoms with Gasteiger partial charge in [-0.2, -0.15) is 0 Å². The van der Waals surface area contributed by atoms with Gasteiger partial charge in [0.15, 0.2) is 0 Å². The molecule has 0 aliphatic heterocycles. The third kappa shape index (κ3) is 2.25. The van der Waals surface area contributed by atoms with Crippen LogP contribution in [0, 0.1) is 0 Å². The van der Waals surface area contributed by atoms with E-state index in [4.69, 9.17) is 0 Å². The molecule has 1 heterocycles. The van der Waals surface area contributed by atoms with Crippen molar-refractivity contribution in [1.82, 2.24) is 4.98 Å². The van der Waals surface area contributed by atoms with E-state index in [-0.39, 0.29) is 0 Å². The maximum atomic E-state index is 4.51. The van der Waals surface area contributed by atoms with Gasteiger partial charge in [-0.1, -0.05) is 0 Å². The van der Waals surface area contributed by atoms with Gasteiger partial charge in [0, 0.05) is 0 Å². The zero-order valence-electron chi connectivity index (χ0n) is 8.67. The van der Waals surface area contributed by atoms with Crippen molar-refractivity contribution in [3.05, 3.63) is 23.9 Å². The van der Waals surface area contributed by atoms with E-state index in [0.717, 1.165) is 5.92 Å². The van der Waals surface area contributed by atoms with Gasteiger partial charge in [-0.25, -0.2) is 0 Å². The molecule has 1 aliphatic carbocycles. The fraction of sp³-hybridized carbons (Fsp3) is 0.545. The summed E-state index contributed by atoms with van der Waals surface area (Å²) in [5.74, 6) is 0.871. The second kappa shape index (κ2) is 3.26. The molecule has 0 bridgehead atoms. The molecule has 0 atom stereocenters. The Hall–Kier alpha value is -0.0513. The van der Waals surface area contributed by atoms with Gasteiger partial charge < -0.3 is 0 Å². The summed E-state index contributed by atoms with van der Waals surface area (Å²) in [4.78, 5) is 11.8. The van der Waals surface area contributed by atoms with Crippen molar-refractivity contribution in [1.29, 1.82) is 0 Å². The molecular formula is C11H17NSn. The van der Waals surface area contributed by atoms with Crippen LogP contribution in [0.15, 0.2) is 18.3 Å². The van der Waals surface area contributed by atoms with Crippen molar-refractivity contribution in [2.45, 2.75) is 33.6 Å². The molecule has 2 rings (SSSR count). The van der Waals surface area contributed by atoms with E-state index < -0.39 is 18.4 Å². The van der Waals surface area contributed by atoms with Crippen LogP contribution in [0.25, 0.3) is 0 Å². The van der Waals surface area contributed by atoms with Gasteiger partial charge in [-0.3, -0.25) is 0 Å². The van der Waals surface area contributed by atoms with Crippen LogP contribution in [0.3, 0.4) is 0 Å². The van der Waals surface area contributed by atoms with E-state index in [1.807, 2.05) is 6.20 Å². The molecule has 0 radical (unpaired) electrons. The summed E-state index contributed by atoms with van der Waals surface area (Å²) in [5, 5.41) is 0. The first-order chi connectivity index (χ1) is 6.07. The number of hydrogen-bond acceptors (Lipinski definition) is 1. The number of aromatic nitrogens is 1. The average Bonchev–Trinajstić information content (AvgIpc) is 2.85. The molecule has 0 N–H and O–H groups in total. The van der Waals surface area contributed by atoms with Gasteiger partial charge in [0.25, 0.3) is 0 Å². The molecule has 1 aromatic rings. The first kappa shape index (κ1) is 9.50. The molecule has 1 fully saturated rings. The molecule has 70 valence electrons. The van der Waals surface area contributed by atoms with Gasteiger partial charge >= 0.3 is 84.5 Å². The van der Waals surface area contributed by atoms with Crippen molar-refractivity contribution >= 4 is 22.1 Å². The summed E-state index contributed by atoms with van der Waals surface area (Å²) in [6, 6.07) is 4.56. The second-order valence-electron chi connectivity index (χ2n) is 5.00. The van der Waals surface area contributed by atoms with Crippen LogP contribution in [-0.2, 0) is 0 Å². The van der Waals surface area contributed by atoms with E-state index in [0.29, 0.717) is 0 Å². The molecule has 0 spiro atoms. The molecule has 1 nitrogen and oxygen atoms in total. The molecule has 0 saturated heterocycles. The number of rotatable bonds is 2. The van der Waals surface area contributed by atoms with Crippen LogP contribution in [0.4, 0.5) is 0 Å². The fourth-order valence-electron chi connectivity index (χ4n) is 1.53. The predicted molar refractivity (Wildman–Crippen MR) is 59.2 cm³/mol. The first-order valence-electron chi connectivity index (χ1n) is 5.04. The Morgan fingerprint density at radius 1 is 1.31 bits per heavy atom. The van der Waals surface area contributed by atoms with Crippen LogP contribution in [0.1, 0.15) is 24.3 Å². The van der Waals surface area contributed by atoms with E-state index in [1.54, 1.807) is 0 Å². The minimum atomic E-state index is -1.90. The van der Waals surface area contributed by atoms with Crippen LogP contribution >= 0.6 is 0 Å². The van der Waals surface area contributed by atoms with Crippen LogP contribution < -0.4 is 3.71 Å². The molecule has 1 saturated carbocycles. The SMILES string of the molecule is [CH3][Sn]([CH3])([CH3])[c]1cc(C2CC2)ccn1. The van der Waals surface area contributed by atoms with Crippen molar-refractivity contribution < 1.29 is 0 Å². The summed E-state index contributed by atoms with van der Waals surface area (Å²) >= 11 is -1.90. The third-order valence-corrected chi connectivity index (χ3v) is 7.77. The maximum absolute atomic E-state index is 4.51. The van der Waals surface area contributed by atoms with Crippen molar-refractivity contribution in [2.75, 3.05) is 0 Å². The van der Waals surface area contributed by atoms with Crippen molar-refractivity contribution in [3.63, 3.8) is 0 Å². The number of pyridine rings is 1.